The van der Waals surface area contributed by atoms with Crippen LogP contribution in [0.4, 0.5) is 0 Å². The average molecular weight is 290 g/mol. The van der Waals surface area contributed by atoms with Crippen LogP contribution in [0.1, 0.15) is 67.2 Å². The molecule has 0 aliphatic heterocycles. The highest BCUT2D eigenvalue weighted by Crippen LogP contribution is 2.63. The molecule has 4 bridgehead atoms. The average Bonchev–Trinajstić information content (AvgIpc) is 2.41. The Hall–Kier alpha value is -0.0400. The molecular formula is C20H35N. The van der Waals surface area contributed by atoms with Crippen molar-refractivity contribution in [3.05, 3.63) is 0 Å². The minimum Gasteiger partial charge on any atom is -0.311 e. The van der Waals surface area contributed by atoms with Crippen LogP contribution in [0, 0.1) is 46.3 Å². The van der Waals surface area contributed by atoms with Gasteiger partial charge in [0.15, 0.2) is 0 Å². The summed E-state index contributed by atoms with van der Waals surface area (Å²) in [6.45, 7) is 15.1. The summed E-state index contributed by atoms with van der Waals surface area (Å²) in [5, 5.41) is 4.15. The SMILES string of the molecule is CC1C(NC2CC3CC(C2C)C3(C)C)CC2CC1C2(C)C. The van der Waals surface area contributed by atoms with Crippen LogP contribution in [-0.2, 0) is 0 Å². The third kappa shape index (κ3) is 1.79. The fourth-order valence-electron chi connectivity index (χ4n) is 7.01. The molecule has 8 unspecified atom stereocenters. The monoisotopic (exact) mass is 289 g/mol. The highest BCUT2D eigenvalue weighted by molar-refractivity contribution is 5.10. The van der Waals surface area contributed by atoms with Gasteiger partial charge in [0.2, 0.25) is 0 Å². The van der Waals surface area contributed by atoms with Crippen LogP contribution < -0.4 is 5.32 Å². The molecule has 1 heteroatoms. The maximum Gasteiger partial charge on any atom is 0.0101 e. The summed E-state index contributed by atoms with van der Waals surface area (Å²) in [5.41, 5.74) is 1.25. The molecule has 6 rings (SSSR count). The lowest BCUT2D eigenvalue weighted by Crippen LogP contribution is -2.65. The highest BCUT2D eigenvalue weighted by Gasteiger charge is 2.59. The van der Waals surface area contributed by atoms with Crippen LogP contribution in [0.15, 0.2) is 0 Å². The first-order chi connectivity index (χ1) is 9.73. The fraction of sp³-hybridized carbons (Fsp3) is 1.00. The number of hydrogen-bond donors (Lipinski definition) is 1. The van der Waals surface area contributed by atoms with Gasteiger partial charge in [-0.1, -0.05) is 41.5 Å². The number of hydrogen-bond acceptors (Lipinski definition) is 1. The molecule has 6 aliphatic rings. The lowest BCUT2D eigenvalue weighted by Gasteiger charge is -2.65. The highest BCUT2D eigenvalue weighted by atomic mass is 15.0. The molecule has 6 aliphatic carbocycles. The first-order valence-corrected chi connectivity index (χ1v) is 9.49. The standard InChI is InChI=1S/C20H35N/c1-11-15-7-13(19(15,3)4)9-17(11)21-18-10-14-8-16(12(18)2)20(14,5)6/h11-18,21H,7-10H2,1-6H3. The van der Waals surface area contributed by atoms with E-state index in [1.54, 1.807) is 0 Å². The van der Waals surface area contributed by atoms with E-state index in [9.17, 15) is 0 Å². The van der Waals surface area contributed by atoms with Crippen molar-refractivity contribution in [2.75, 3.05) is 0 Å². The number of rotatable bonds is 2. The Labute approximate surface area is 131 Å². The summed E-state index contributed by atoms with van der Waals surface area (Å²) >= 11 is 0. The van der Waals surface area contributed by atoms with E-state index in [-0.39, 0.29) is 0 Å². The fourth-order valence-corrected chi connectivity index (χ4v) is 7.01. The van der Waals surface area contributed by atoms with Gasteiger partial charge in [-0.3, -0.25) is 0 Å². The van der Waals surface area contributed by atoms with E-state index >= 15 is 0 Å². The van der Waals surface area contributed by atoms with Gasteiger partial charge in [0.05, 0.1) is 0 Å². The summed E-state index contributed by atoms with van der Waals surface area (Å²) in [4.78, 5) is 0. The molecular weight excluding hydrogens is 254 g/mol. The third-order valence-electron chi connectivity index (χ3n) is 9.14. The minimum absolute atomic E-state index is 0.625. The normalized spacial score (nSPS) is 56.3. The zero-order valence-electron chi connectivity index (χ0n) is 14.9. The van der Waals surface area contributed by atoms with Gasteiger partial charge in [-0.05, 0) is 72.0 Å². The largest absolute Gasteiger partial charge is 0.311 e. The van der Waals surface area contributed by atoms with E-state index in [1.165, 1.54) is 25.7 Å². The van der Waals surface area contributed by atoms with Gasteiger partial charge >= 0.3 is 0 Å². The van der Waals surface area contributed by atoms with Crippen LogP contribution in [-0.4, -0.2) is 12.1 Å². The maximum atomic E-state index is 4.15. The summed E-state index contributed by atoms with van der Waals surface area (Å²) in [6, 6.07) is 1.60. The molecule has 1 nitrogen and oxygen atoms in total. The van der Waals surface area contributed by atoms with Crippen LogP contribution in [0.2, 0.25) is 0 Å². The second kappa shape index (κ2) is 4.28. The van der Waals surface area contributed by atoms with Crippen molar-refractivity contribution in [2.45, 2.75) is 79.3 Å². The van der Waals surface area contributed by atoms with Crippen molar-refractivity contribution in [1.29, 1.82) is 0 Å². The van der Waals surface area contributed by atoms with E-state index in [0.717, 1.165) is 47.6 Å². The zero-order valence-corrected chi connectivity index (χ0v) is 14.9. The van der Waals surface area contributed by atoms with Gasteiger partial charge in [-0.15, -0.1) is 0 Å². The van der Waals surface area contributed by atoms with Crippen LogP contribution in [0.25, 0.3) is 0 Å². The molecule has 6 saturated carbocycles. The van der Waals surface area contributed by atoms with Crippen molar-refractivity contribution in [3.8, 4) is 0 Å². The van der Waals surface area contributed by atoms with Crippen molar-refractivity contribution < 1.29 is 0 Å². The van der Waals surface area contributed by atoms with E-state index in [2.05, 4.69) is 46.9 Å². The molecule has 0 aromatic carbocycles. The summed E-state index contributed by atoms with van der Waals surface area (Å²) in [5.74, 6) is 5.67. The zero-order chi connectivity index (χ0) is 15.2. The summed E-state index contributed by atoms with van der Waals surface area (Å²) in [6.07, 6.45) is 5.88. The quantitative estimate of drug-likeness (QED) is 0.776. The summed E-state index contributed by atoms with van der Waals surface area (Å²) in [7, 11) is 0. The molecule has 0 aromatic rings. The van der Waals surface area contributed by atoms with E-state index in [0.29, 0.717) is 10.8 Å². The smallest absolute Gasteiger partial charge is 0.0101 e. The molecule has 1 N–H and O–H groups in total. The molecule has 0 saturated heterocycles. The van der Waals surface area contributed by atoms with Gasteiger partial charge in [0, 0.05) is 12.1 Å². The second-order valence-electron chi connectivity index (χ2n) is 10.3. The Bertz CT molecular complexity index is 397. The lowest BCUT2D eigenvalue weighted by atomic mass is 9.43. The molecule has 0 aromatic heterocycles. The Morgan fingerprint density at radius 2 is 1.05 bits per heavy atom. The molecule has 21 heavy (non-hydrogen) atoms. The van der Waals surface area contributed by atoms with Crippen molar-refractivity contribution in [1.82, 2.24) is 5.32 Å². The number of fused-ring (bicyclic) bond motifs is 4. The van der Waals surface area contributed by atoms with E-state index in [4.69, 9.17) is 0 Å². The first kappa shape index (κ1) is 14.5. The van der Waals surface area contributed by atoms with Crippen molar-refractivity contribution in [2.24, 2.45) is 46.3 Å². The maximum absolute atomic E-state index is 4.15. The molecule has 0 spiro atoms. The van der Waals surface area contributed by atoms with E-state index < -0.39 is 0 Å². The molecule has 0 radical (unpaired) electrons. The van der Waals surface area contributed by atoms with Crippen LogP contribution >= 0.6 is 0 Å². The van der Waals surface area contributed by atoms with Crippen molar-refractivity contribution in [3.63, 3.8) is 0 Å². The third-order valence-corrected chi connectivity index (χ3v) is 9.14. The predicted molar refractivity (Wildman–Crippen MR) is 89.0 cm³/mol. The lowest BCUT2D eigenvalue weighted by molar-refractivity contribution is -0.139. The Kier molecular flexibility index (Phi) is 2.96. The van der Waals surface area contributed by atoms with Gasteiger partial charge < -0.3 is 5.32 Å². The first-order valence-electron chi connectivity index (χ1n) is 9.49. The molecule has 120 valence electrons. The molecule has 0 heterocycles. The number of nitrogens with one attached hydrogen (secondary N) is 1. The van der Waals surface area contributed by atoms with E-state index in [1.807, 2.05) is 0 Å². The van der Waals surface area contributed by atoms with Gasteiger partial charge in [0.25, 0.3) is 0 Å². The Morgan fingerprint density at radius 3 is 1.33 bits per heavy atom. The Morgan fingerprint density at radius 1 is 0.667 bits per heavy atom. The topological polar surface area (TPSA) is 12.0 Å². The Balaban J connectivity index is 1.42. The molecule has 6 fully saturated rings. The summed E-state index contributed by atoms with van der Waals surface area (Å²) < 4.78 is 0. The van der Waals surface area contributed by atoms with Gasteiger partial charge in [-0.25, -0.2) is 0 Å². The van der Waals surface area contributed by atoms with Gasteiger partial charge in [-0.2, -0.15) is 0 Å². The van der Waals surface area contributed by atoms with Gasteiger partial charge in [0.1, 0.15) is 0 Å². The molecule has 8 atom stereocenters. The predicted octanol–water partition coefficient (Wildman–Crippen LogP) is 4.72. The minimum atomic E-state index is 0.625. The van der Waals surface area contributed by atoms with Crippen LogP contribution in [0.3, 0.4) is 0 Å². The second-order valence-corrected chi connectivity index (χ2v) is 10.3. The molecule has 0 amide bonds. The van der Waals surface area contributed by atoms with Crippen LogP contribution in [0.5, 0.6) is 0 Å². The van der Waals surface area contributed by atoms with Crippen molar-refractivity contribution >= 4 is 0 Å².